The molecule has 168 valence electrons. The zero-order valence-electron chi connectivity index (χ0n) is 18.8. The summed E-state index contributed by atoms with van der Waals surface area (Å²) in [6, 6.07) is 31.3. The van der Waals surface area contributed by atoms with Gasteiger partial charge in [-0.15, -0.1) is 5.10 Å². The Balaban J connectivity index is 1.48. The first-order valence-corrected chi connectivity index (χ1v) is 11.1. The quantitative estimate of drug-likeness (QED) is 0.354. The van der Waals surface area contributed by atoms with Crippen molar-refractivity contribution in [2.75, 3.05) is 0 Å². The van der Waals surface area contributed by atoms with E-state index in [1.54, 1.807) is 23.1 Å². The second-order valence-electron chi connectivity index (χ2n) is 8.11. The molecule has 0 radical (unpaired) electrons. The summed E-state index contributed by atoms with van der Waals surface area (Å²) in [5, 5.41) is 7.69. The third-order valence-electron chi connectivity index (χ3n) is 5.62. The van der Waals surface area contributed by atoms with E-state index in [0.29, 0.717) is 18.0 Å². The molecule has 2 aromatic heterocycles. The van der Waals surface area contributed by atoms with Gasteiger partial charge < -0.3 is 9.73 Å². The molecule has 1 atom stereocenters. The van der Waals surface area contributed by atoms with Crippen molar-refractivity contribution in [3.05, 3.63) is 126 Å². The molecule has 0 spiro atoms. The maximum atomic E-state index is 13.4. The van der Waals surface area contributed by atoms with Gasteiger partial charge in [-0.3, -0.25) is 4.79 Å². The van der Waals surface area contributed by atoms with Gasteiger partial charge in [0.15, 0.2) is 11.6 Å². The Morgan fingerprint density at radius 1 is 0.912 bits per heavy atom. The van der Waals surface area contributed by atoms with E-state index in [9.17, 15) is 4.79 Å². The predicted molar refractivity (Wildman–Crippen MR) is 131 cm³/mol. The molecule has 5 aromatic rings. The Hall–Kier alpha value is -4.45. The first-order valence-electron chi connectivity index (χ1n) is 11.1. The van der Waals surface area contributed by atoms with Crippen molar-refractivity contribution >= 4 is 5.91 Å². The summed E-state index contributed by atoms with van der Waals surface area (Å²) in [5.74, 6) is 0.749. The fourth-order valence-electron chi connectivity index (χ4n) is 3.85. The summed E-state index contributed by atoms with van der Waals surface area (Å²) < 4.78 is 7.21. The van der Waals surface area contributed by atoms with Gasteiger partial charge in [-0.25, -0.2) is 4.68 Å². The number of nitrogens with zero attached hydrogens (tertiary/aromatic N) is 3. The van der Waals surface area contributed by atoms with Crippen LogP contribution in [0.25, 0.3) is 17.3 Å². The lowest BCUT2D eigenvalue weighted by molar-refractivity contribution is 0.0926. The van der Waals surface area contributed by atoms with E-state index in [4.69, 9.17) is 4.42 Å². The maximum Gasteiger partial charge on any atom is 0.291 e. The molecule has 1 N–H and O–H groups in total. The molecule has 0 bridgehead atoms. The summed E-state index contributed by atoms with van der Waals surface area (Å²) in [5.41, 5.74) is 4.08. The molecule has 1 amide bonds. The SMILES string of the molecule is Cc1ccc(-n2nc(C(=O)NC(Cc3ccccc3)c3ccccc3)nc2-c2ccco2)cc1. The van der Waals surface area contributed by atoms with Crippen molar-refractivity contribution in [3.8, 4) is 17.3 Å². The smallest absolute Gasteiger partial charge is 0.291 e. The standard InChI is InChI=1S/C28H24N4O2/c1-20-14-16-23(17-15-20)32-27(25-13-8-18-34-25)30-26(31-32)28(33)29-24(22-11-6-3-7-12-22)19-21-9-4-2-5-10-21/h2-18,24H,19H2,1H3,(H,29,33). The number of aromatic nitrogens is 3. The van der Waals surface area contributed by atoms with E-state index >= 15 is 0 Å². The molecule has 3 aromatic carbocycles. The third kappa shape index (κ3) is 4.66. The van der Waals surface area contributed by atoms with E-state index in [0.717, 1.165) is 22.4 Å². The lowest BCUT2D eigenvalue weighted by Crippen LogP contribution is -2.31. The third-order valence-corrected chi connectivity index (χ3v) is 5.62. The maximum absolute atomic E-state index is 13.4. The fraction of sp³-hybridized carbons (Fsp3) is 0.107. The molecule has 0 aliphatic rings. The number of aryl methyl sites for hydroxylation is 1. The van der Waals surface area contributed by atoms with Crippen LogP contribution >= 0.6 is 0 Å². The molecule has 0 fully saturated rings. The normalized spacial score (nSPS) is 11.8. The van der Waals surface area contributed by atoms with Crippen molar-refractivity contribution in [3.63, 3.8) is 0 Å². The van der Waals surface area contributed by atoms with Crippen LogP contribution in [0.4, 0.5) is 0 Å². The molecule has 34 heavy (non-hydrogen) atoms. The van der Waals surface area contributed by atoms with Gasteiger partial charge in [-0.05, 0) is 48.7 Å². The minimum atomic E-state index is -0.344. The first kappa shape index (κ1) is 21.4. The number of rotatable bonds is 7. The van der Waals surface area contributed by atoms with Gasteiger partial charge in [0.2, 0.25) is 5.82 Å². The second kappa shape index (κ2) is 9.58. The van der Waals surface area contributed by atoms with Crippen molar-refractivity contribution in [1.29, 1.82) is 0 Å². The molecule has 5 rings (SSSR count). The van der Waals surface area contributed by atoms with Gasteiger partial charge >= 0.3 is 0 Å². The van der Waals surface area contributed by atoms with Crippen molar-refractivity contribution < 1.29 is 9.21 Å². The van der Waals surface area contributed by atoms with Crippen LogP contribution in [-0.4, -0.2) is 20.7 Å². The molecule has 1 unspecified atom stereocenters. The minimum absolute atomic E-state index is 0.0842. The Labute approximate surface area is 197 Å². The Bertz CT molecular complexity index is 1360. The fourth-order valence-corrected chi connectivity index (χ4v) is 3.85. The Morgan fingerprint density at radius 2 is 1.62 bits per heavy atom. The number of carbonyl (C=O) groups is 1. The molecular formula is C28H24N4O2. The zero-order valence-corrected chi connectivity index (χ0v) is 18.8. The summed E-state index contributed by atoms with van der Waals surface area (Å²) in [6.45, 7) is 2.02. The topological polar surface area (TPSA) is 73.0 Å². The van der Waals surface area contributed by atoms with Gasteiger partial charge in [-0.1, -0.05) is 78.4 Å². The van der Waals surface area contributed by atoms with Gasteiger partial charge in [0.25, 0.3) is 5.91 Å². The predicted octanol–water partition coefficient (Wildman–Crippen LogP) is 5.55. The molecule has 6 heteroatoms. The molecule has 0 saturated heterocycles. The van der Waals surface area contributed by atoms with Crippen LogP contribution in [0.5, 0.6) is 0 Å². The summed E-state index contributed by atoms with van der Waals surface area (Å²) in [7, 11) is 0. The van der Waals surface area contributed by atoms with Crippen molar-refractivity contribution in [2.24, 2.45) is 0 Å². The number of amides is 1. The highest BCUT2D eigenvalue weighted by Crippen LogP contribution is 2.23. The average Bonchev–Trinajstić information content (AvgIpc) is 3.56. The lowest BCUT2D eigenvalue weighted by atomic mass is 9.99. The van der Waals surface area contributed by atoms with Crippen LogP contribution in [0.15, 0.2) is 108 Å². The zero-order chi connectivity index (χ0) is 23.3. The molecule has 2 heterocycles. The Morgan fingerprint density at radius 3 is 2.29 bits per heavy atom. The van der Waals surface area contributed by atoms with Gasteiger partial charge in [0.05, 0.1) is 18.0 Å². The number of carbonyl (C=O) groups excluding carboxylic acids is 1. The molecular weight excluding hydrogens is 424 g/mol. The molecule has 6 nitrogen and oxygen atoms in total. The van der Waals surface area contributed by atoms with E-state index in [2.05, 4.69) is 27.5 Å². The molecule has 0 aliphatic heterocycles. The highest BCUT2D eigenvalue weighted by Gasteiger charge is 2.23. The minimum Gasteiger partial charge on any atom is -0.461 e. The van der Waals surface area contributed by atoms with Crippen LogP contribution in [0.1, 0.15) is 33.4 Å². The summed E-state index contributed by atoms with van der Waals surface area (Å²) in [4.78, 5) is 17.9. The monoisotopic (exact) mass is 448 g/mol. The highest BCUT2D eigenvalue weighted by atomic mass is 16.3. The Kier molecular flexibility index (Phi) is 6.03. The summed E-state index contributed by atoms with van der Waals surface area (Å²) >= 11 is 0. The molecule has 0 aliphatic carbocycles. The van der Waals surface area contributed by atoms with Gasteiger partial charge in [-0.2, -0.15) is 4.98 Å². The van der Waals surface area contributed by atoms with Crippen LogP contribution in [0, 0.1) is 6.92 Å². The van der Waals surface area contributed by atoms with Crippen molar-refractivity contribution in [1.82, 2.24) is 20.1 Å². The number of hydrogen-bond acceptors (Lipinski definition) is 4. The number of nitrogens with one attached hydrogen (secondary N) is 1. The van der Waals surface area contributed by atoms with Gasteiger partial charge in [0.1, 0.15) is 0 Å². The lowest BCUT2D eigenvalue weighted by Gasteiger charge is -2.18. The number of benzene rings is 3. The van der Waals surface area contributed by atoms with Gasteiger partial charge in [0, 0.05) is 0 Å². The van der Waals surface area contributed by atoms with Crippen LogP contribution < -0.4 is 5.32 Å². The summed E-state index contributed by atoms with van der Waals surface area (Å²) in [6.07, 6.45) is 2.23. The van der Waals surface area contributed by atoms with Crippen LogP contribution in [0.3, 0.4) is 0 Å². The first-order chi connectivity index (χ1) is 16.7. The second-order valence-corrected chi connectivity index (χ2v) is 8.11. The largest absolute Gasteiger partial charge is 0.461 e. The van der Waals surface area contributed by atoms with E-state index in [-0.39, 0.29) is 17.8 Å². The van der Waals surface area contributed by atoms with Crippen LogP contribution in [-0.2, 0) is 6.42 Å². The average molecular weight is 449 g/mol. The molecule has 0 saturated carbocycles. The highest BCUT2D eigenvalue weighted by molar-refractivity contribution is 5.91. The van der Waals surface area contributed by atoms with E-state index in [1.807, 2.05) is 79.7 Å². The van der Waals surface area contributed by atoms with Crippen LogP contribution in [0.2, 0.25) is 0 Å². The van der Waals surface area contributed by atoms with E-state index < -0.39 is 0 Å². The number of hydrogen-bond donors (Lipinski definition) is 1. The van der Waals surface area contributed by atoms with E-state index in [1.165, 1.54) is 0 Å². The number of furan rings is 1. The van der Waals surface area contributed by atoms with Crippen molar-refractivity contribution in [2.45, 2.75) is 19.4 Å².